The SMILES string of the molecule is CCCCC(N=C1NS(=O)(=O)c2ccccc21)C(=O)N(C)Cc1ccc(OCC)cc1. The van der Waals surface area contributed by atoms with Crippen LogP contribution in [0.3, 0.4) is 0 Å². The molecule has 0 spiro atoms. The molecular formula is C23H29N3O4S. The Hall–Kier alpha value is -2.87. The van der Waals surface area contributed by atoms with Crippen molar-refractivity contribution in [3.8, 4) is 5.75 Å². The maximum Gasteiger partial charge on any atom is 0.263 e. The van der Waals surface area contributed by atoms with Crippen molar-refractivity contribution in [2.24, 2.45) is 4.99 Å². The fourth-order valence-corrected chi connectivity index (χ4v) is 4.73. The van der Waals surface area contributed by atoms with Crippen LogP contribution in [0.25, 0.3) is 0 Å². The minimum Gasteiger partial charge on any atom is -0.494 e. The first-order valence-corrected chi connectivity index (χ1v) is 12.0. The van der Waals surface area contributed by atoms with Crippen LogP contribution in [0.4, 0.5) is 0 Å². The number of fused-ring (bicyclic) bond motifs is 1. The second kappa shape index (κ2) is 9.96. The van der Waals surface area contributed by atoms with Crippen LogP contribution in [-0.4, -0.2) is 44.8 Å². The molecule has 0 fully saturated rings. The Labute approximate surface area is 184 Å². The van der Waals surface area contributed by atoms with Crippen LogP contribution < -0.4 is 9.46 Å². The van der Waals surface area contributed by atoms with Crippen molar-refractivity contribution in [2.75, 3.05) is 13.7 Å². The number of likely N-dealkylation sites (N-methyl/N-ethyl adjacent to an activating group) is 1. The highest BCUT2D eigenvalue weighted by molar-refractivity contribution is 7.90. The number of hydrogen-bond acceptors (Lipinski definition) is 5. The average molecular weight is 444 g/mol. The molecule has 1 heterocycles. The largest absolute Gasteiger partial charge is 0.494 e. The quantitative estimate of drug-likeness (QED) is 0.644. The summed E-state index contributed by atoms with van der Waals surface area (Å²) >= 11 is 0. The molecule has 1 unspecified atom stereocenters. The van der Waals surface area contributed by atoms with Gasteiger partial charge in [0.2, 0.25) is 5.91 Å². The topological polar surface area (TPSA) is 88.1 Å². The zero-order valence-corrected chi connectivity index (χ0v) is 19.0. The number of ether oxygens (including phenoxy) is 1. The van der Waals surface area contributed by atoms with E-state index in [1.165, 1.54) is 0 Å². The molecule has 0 bridgehead atoms. The van der Waals surface area contributed by atoms with Crippen LogP contribution in [0.15, 0.2) is 58.4 Å². The first-order valence-electron chi connectivity index (χ1n) is 10.5. The van der Waals surface area contributed by atoms with Gasteiger partial charge in [0.05, 0.1) is 11.5 Å². The number of benzene rings is 2. The standard InChI is InChI=1S/C23H29N3O4S/c1-4-6-10-20(24-22-19-9-7-8-11-21(19)31(28,29)25-22)23(27)26(3)16-17-12-14-18(15-13-17)30-5-2/h7-9,11-15,20H,4-6,10,16H2,1-3H3,(H,24,25). The molecule has 0 aromatic heterocycles. The molecule has 3 rings (SSSR count). The number of rotatable bonds is 9. The van der Waals surface area contributed by atoms with Gasteiger partial charge in [-0.3, -0.25) is 14.5 Å². The molecule has 2 aromatic carbocycles. The summed E-state index contributed by atoms with van der Waals surface area (Å²) in [7, 11) is -1.90. The summed E-state index contributed by atoms with van der Waals surface area (Å²) in [5.41, 5.74) is 1.49. The molecule has 8 heteroatoms. The smallest absolute Gasteiger partial charge is 0.263 e. The lowest BCUT2D eigenvalue weighted by atomic mass is 10.1. The second-order valence-corrected chi connectivity index (χ2v) is 9.16. The van der Waals surface area contributed by atoms with Gasteiger partial charge in [-0.25, -0.2) is 8.42 Å². The van der Waals surface area contributed by atoms with E-state index >= 15 is 0 Å². The van der Waals surface area contributed by atoms with E-state index in [1.807, 2.05) is 38.1 Å². The number of nitrogens with zero attached hydrogens (tertiary/aromatic N) is 2. The van der Waals surface area contributed by atoms with Gasteiger partial charge in [-0.15, -0.1) is 0 Å². The molecule has 1 amide bonds. The maximum absolute atomic E-state index is 13.2. The first kappa shape index (κ1) is 22.8. The minimum absolute atomic E-state index is 0.140. The van der Waals surface area contributed by atoms with E-state index in [2.05, 4.69) is 9.71 Å². The summed E-state index contributed by atoms with van der Waals surface area (Å²) in [5.74, 6) is 0.887. The number of aliphatic imine (C=N–C) groups is 1. The van der Waals surface area contributed by atoms with E-state index in [9.17, 15) is 13.2 Å². The Morgan fingerprint density at radius 2 is 1.84 bits per heavy atom. The summed E-state index contributed by atoms with van der Waals surface area (Å²) in [6.07, 6.45) is 2.29. The number of amides is 1. The van der Waals surface area contributed by atoms with Crippen LogP contribution in [0.5, 0.6) is 5.75 Å². The van der Waals surface area contributed by atoms with E-state index in [0.717, 1.165) is 24.2 Å². The van der Waals surface area contributed by atoms with Gasteiger partial charge in [-0.1, -0.05) is 44.0 Å². The number of nitrogens with one attached hydrogen (secondary N) is 1. The third-order valence-corrected chi connectivity index (χ3v) is 6.49. The fraction of sp³-hybridized carbons (Fsp3) is 0.391. The number of amidine groups is 1. The lowest BCUT2D eigenvalue weighted by Crippen LogP contribution is -2.36. The van der Waals surface area contributed by atoms with Gasteiger partial charge in [0.1, 0.15) is 17.6 Å². The second-order valence-electron chi connectivity index (χ2n) is 7.51. The van der Waals surface area contributed by atoms with Gasteiger partial charge in [-0.05, 0) is 43.2 Å². The Morgan fingerprint density at radius 1 is 1.13 bits per heavy atom. The number of carbonyl (C=O) groups is 1. The maximum atomic E-state index is 13.2. The molecule has 0 aliphatic carbocycles. The lowest BCUT2D eigenvalue weighted by Gasteiger charge is -2.22. The molecule has 166 valence electrons. The zero-order valence-electron chi connectivity index (χ0n) is 18.2. The van der Waals surface area contributed by atoms with Gasteiger partial charge < -0.3 is 9.64 Å². The van der Waals surface area contributed by atoms with E-state index in [1.54, 1.807) is 36.2 Å². The molecule has 31 heavy (non-hydrogen) atoms. The van der Waals surface area contributed by atoms with Gasteiger partial charge in [-0.2, -0.15) is 0 Å². The highest BCUT2D eigenvalue weighted by Gasteiger charge is 2.32. The summed E-state index contributed by atoms with van der Waals surface area (Å²) in [6.45, 7) is 5.01. The van der Waals surface area contributed by atoms with Gasteiger partial charge in [0.25, 0.3) is 10.0 Å². The van der Waals surface area contributed by atoms with E-state index in [-0.39, 0.29) is 16.6 Å². The highest BCUT2D eigenvalue weighted by atomic mass is 32.2. The monoisotopic (exact) mass is 443 g/mol. The van der Waals surface area contributed by atoms with Crippen molar-refractivity contribution >= 4 is 21.8 Å². The van der Waals surface area contributed by atoms with Gasteiger partial charge in [0.15, 0.2) is 0 Å². The number of hydrogen-bond donors (Lipinski definition) is 1. The molecule has 7 nitrogen and oxygen atoms in total. The van der Waals surface area contributed by atoms with E-state index in [4.69, 9.17) is 4.74 Å². The Morgan fingerprint density at radius 3 is 2.52 bits per heavy atom. The third kappa shape index (κ3) is 5.44. The normalized spacial score (nSPS) is 16.4. The van der Waals surface area contributed by atoms with Crippen molar-refractivity contribution in [3.63, 3.8) is 0 Å². The lowest BCUT2D eigenvalue weighted by molar-refractivity contribution is -0.131. The predicted molar refractivity (Wildman–Crippen MR) is 121 cm³/mol. The van der Waals surface area contributed by atoms with Crippen molar-refractivity contribution in [3.05, 3.63) is 59.7 Å². The number of unbranched alkanes of at least 4 members (excludes halogenated alkanes) is 1. The summed E-state index contributed by atoms with van der Waals surface area (Å²) < 4.78 is 32.7. The number of carbonyl (C=O) groups excluding carboxylic acids is 1. The summed E-state index contributed by atoms with van der Waals surface area (Å²) in [4.78, 5) is 19.6. The first-order chi connectivity index (χ1) is 14.9. The molecular weight excluding hydrogens is 414 g/mol. The average Bonchev–Trinajstić information content (AvgIpc) is 3.02. The van der Waals surface area contributed by atoms with Crippen molar-refractivity contribution in [2.45, 2.75) is 50.6 Å². The molecule has 1 N–H and O–H groups in total. The predicted octanol–water partition coefficient (Wildman–Crippen LogP) is 3.34. The van der Waals surface area contributed by atoms with Crippen molar-refractivity contribution in [1.82, 2.24) is 9.62 Å². The van der Waals surface area contributed by atoms with E-state index < -0.39 is 16.1 Å². The molecule has 0 saturated heterocycles. The summed E-state index contributed by atoms with van der Waals surface area (Å²) in [5, 5.41) is 0. The molecule has 2 aromatic rings. The third-order valence-electron chi connectivity index (χ3n) is 5.09. The fourth-order valence-electron chi connectivity index (χ4n) is 3.49. The van der Waals surface area contributed by atoms with Crippen LogP contribution in [-0.2, 0) is 21.4 Å². The van der Waals surface area contributed by atoms with Crippen LogP contribution in [0.1, 0.15) is 44.2 Å². The Bertz CT molecular complexity index is 1050. The highest BCUT2D eigenvalue weighted by Crippen LogP contribution is 2.23. The van der Waals surface area contributed by atoms with Crippen LogP contribution in [0, 0.1) is 0 Å². The molecule has 1 atom stereocenters. The van der Waals surface area contributed by atoms with Crippen LogP contribution >= 0.6 is 0 Å². The van der Waals surface area contributed by atoms with Gasteiger partial charge in [0, 0.05) is 19.2 Å². The molecule has 0 radical (unpaired) electrons. The van der Waals surface area contributed by atoms with E-state index in [0.29, 0.717) is 25.1 Å². The van der Waals surface area contributed by atoms with Crippen molar-refractivity contribution < 1.29 is 17.9 Å². The van der Waals surface area contributed by atoms with Crippen LogP contribution in [0.2, 0.25) is 0 Å². The minimum atomic E-state index is -3.64. The molecule has 1 aliphatic heterocycles. The van der Waals surface area contributed by atoms with Gasteiger partial charge >= 0.3 is 0 Å². The van der Waals surface area contributed by atoms with Crippen molar-refractivity contribution in [1.29, 1.82) is 0 Å². The molecule has 0 saturated carbocycles. The zero-order chi connectivity index (χ0) is 22.4. The summed E-state index contributed by atoms with van der Waals surface area (Å²) in [6, 6.07) is 13.7. The molecule has 1 aliphatic rings. The Kier molecular flexibility index (Phi) is 7.33. The Balaban J connectivity index is 1.80. The number of sulfonamides is 1.